The van der Waals surface area contributed by atoms with Crippen LogP contribution in [0.3, 0.4) is 0 Å². The van der Waals surface area contributed by atoms with Crippen LogP contribution in [-0.4, -0.2) is 30.1 Å². The zero-order chi connectivity index (χ0) is 16.5. The quantitative estimate of drug-likeness (QED) is 0.642. The SMILES string of the molecule is CC(C)NC(=O)NC(=O)C(C)OC(=O)/C=C/c1ccccc1. The van der Waals surface area contributed by atoms with Crippen molar-refractivity contribution >= 4 is 24.0 Å². The van der Waals surface area contributed by atoms with E-state index in [1.807, 2.05) is 30.3 Å². The molecule has 0 aromatic heterocycles. The second-order valence-corrected chi connectivity index (χ2v) is 4.94. The third-order valence-electron chi connectivity index (χ3n) is 2.53. The van der Waals surface area contributed by atoms with Crippen LogP contribution in [0.15, 0.2) is 36.4 Å². The zero-order valence-corrected chi connectivity index (χ0v) is 12.8. The molecule has 3 amide bonds. The van der Waals surface area contributed by atoms with Crippen molar-refractivity contribution in [2.45, 2.75) is 32.9 Å². The summed E-state index contributed by atoms with van der Waals surface area (Å²) >= 11 is 0. The first-order chi connectivity index (χ1) is 10.4. The fourth-order valence-electron chi connectivity index (χ4n) is 1.51. The molecule has 0 saturated carbocycles. The summed E-state index contributed by atoms with van der Waals surface area (Å²) in [6, 6.07) is 8.49. The number of urea groups is 1. The molecular weight excluding hydrogens is 284 g/mol. The van der Waals surface area contributed by atoms with E-state index < -0.39 is 24.0 Å². The highest BCUT2D eigenvalue weighted by Crippen LogP contribution is 2.02. The lowest BCUT2D eigenvalue weighted by atomic mass is 10.2. The Balaban J connectivity index is 2.45. The second-order valence-electron chi connectivity index (χ2n) is 4.94. The van der Waals surface area contributed by atoms with Gasteiger partial charge in [0.15, 0.2) is 6.10 Å². The molecule has 0 aliphatic heterocycles. The summed E-state index contributed by atoms with van der Waals surface area (Å²) in [6.45, 7) is 4.93. The molecule has 0 bridgehead atoms. The Kier molecular flexibility index (Phi) is 6.82. The molecular formula is C16H20N2O4. The van der Waals surface area contributed by atoms with Crippen molar-refractivity contribution in [3.05, 3.63) is 42.0 Å². The standard InChI is InChI=1S/C16H20N2O4/c1-11(2)17-16(21)18-15(20)12(3)22-14(19)10-9-13-7-5-4-6-8-13/h4-12H,1-3H3,(H2,17,18,20,21)/b10-9+. The van der Waals surface area contributed by atoms with Crippen LogP contribution < -0.4 is 10.6 Å². The predicted octanol–water partition coefficient (Wildman–Crippen LogP) is 1.87. The van der Waals surface area contributed by atoms with Gasteiger partial charge in [0.05, 0.1) is 0 Å². The molecule has 0 aliphatic rings. The maximum atomic E-state index is 11.7. The molecule has 0 aliphatic carbocycles. The molecule has 22 heavy (non-hydrogen) atoms. The average Bonchev–Trinajstić information content (AvgIpc) is 2.45. The Morgan fingerprint density at radius 1 is 1.09 bits per heavy atom. The van der Waals surface area contributed by atoms with E-state index in [0.29, 0.717) is 0 Å². The molecule has 2 N–H and O–H groups in total. The second kappa shape index (κ2) is 8.61. The van der Waals surface area contributed by atoms with E-state index in [4.69, 9.17) is 4.74 Å². The minimum Gasteiger partial charge on any atom is -0.449 e. The molecule has 118 valence electrons. The molecule has 1 aromatic rings. The van der Waals surface area contributed by atoms with Crippen LogP contribution in [0.1, 0.15) is 26.3 Å². The van der Waals surface area contributed by atoms with Crippen molar-refractivity contribution in [3.63, 3.8) is 0 Å². The fraction of sp³-hybridized carbons (Fsp3) is 0.312. The van der Waals surface area contributed by atoms with Crippen LogP contribution in [0.4, 0.5) is 4.79 Å². The molecule has 0 radical (unpaired) electrons. The number of amides is 3. The Morgan fingerprint density at radius 2 is 1.73 bits per heavy atom. The van der Waals surface area contributed by atoms with Crippen molar-refractivity contribution in [1.82, 2.24) is 10.6 Å². The minimum atomic E-state index is -1.06. The molecule has 6 nitrogen and oxygen atoms in total. The molecule has 1 rings (SSSR count). The van der Waals surface area contributed by atoms with E-state index in [1.165, 1.54) is 13.0 Å². The smallest absolute Gasteiger partial charge is 0.331 e. The summed E-state index contributed by atoms with van der Waals surface area (Å²) in [5, 5.41) is 4.60. The van der Waals surface area contributed by atoms with Crippen LogP contribution in [0.2, 0.25) is 0 Å². The largest absolute Gasteiger partial charge is 0.449 e. The summed E-state index contributed by atoms with van der Waals surface area (Å²) in [5.41, 5.74) is 0.841. The van der Waals surface area contributed by atoms with Gasteiger partial charge in [0.1, 0.15) is 0 Å². The van der Waals surface area contributed by atoms with Gasteiger partial charge in [-0.15, -0.1) is 0 Å². The maximum absolute atomic E-state index is 11.7. The lowest BCUT2D eigenvalue weighted by molar-refractivity contribution is -0.149. The van der Waals surface area contributed by atoms with E-state index in [9.17, 15) is 14.4 Å². The van der Waals surface area contributed by atoms with E-state index in [0.717, 1.165) is 5.56 Å². The van der Waals surface area contributed by atoms with Gasteiger partial charge < -0.3 is 10.1 Å². The number of esters is 1. The number of carbonyl (C=O) groups is 3. The van der Waals surface area contributed by atoms with E-state index >= 15 is 0 Å². The molecule has 0 fully saturated rings. The molecule has 6 heteroatoms. The Hall–Kier alpha value is -2.63. The summed E-state index contributed by atoms with van der Waals surface area (Å²) in [7, 11) is 0. The molecule has 1 atom stereocenters. The Morgan fingerprint density at radius 3 is 2.32 bits per heavy atom. The van der Waals surface area contributed by atoms with Crippen LogP contribution in [0, 0.1) is 0 Å². The average molecular weight is 304 g/mol. The van der Waals surface area contributed by atoms with E-state index in [-0.39, 0.29) is 6.04 Å². The van der Waals surface area contributed by atoms with Crippen molar-refractivity contribution in [1.29, 1.82) is 0 Å². The highest BCUT2D eigenvalue weighted by atomic mass is 16.5. The normalized spacial score (nSPS) is 12.0. The number of imide groups is 1. The number of benzene rings is 1. The van der Waals surface area contributed by atoms with Crippen LogP contribution in [0.5, 0.6) is 0 Å². The van der Waals surface area contributed by atoms with Crippen molar-refractivity contribution in [2.24, 2.45) is 0 Å². The fourth-order valence-corrected chi connectivity index (χ4v) is 1.51. The number of hydrogen-bond acceptors (Lipinski definition) is 4. The van der Waals surface area contributed by atoms with Crippen molar-refractivity contribution in [2.75, 3.05) is 0 Å². The number of nitrogens with one attached hydrogen (secondary N) is 2. The first kappa shape index (κ1) is 17.4. The monoisotopic (exact) mass is 304 g/mol. The number of hydrogen-bond donors (Lipinski definition) is 2. The molecule has 0 heterocycles. The summed E-state index contributed by atoms with van der Waals surface area (Å²) in [4.78, 5) is 34.6. The topological polar surface area (TPSA) is 84.5 Å². The number of carbonyl (C=O) groups excluding carboxylic acids is 3. The lowest BCUT2D eigenvalue weighted by Crippen LogP contribution is -2.46. The van der Waals surface area contributed by atoms with Gasteiger partial charge in [-0.1, -0.05) is 30.3 Å². The van der Waals surface area contributed by atoms with Gasteiger partial charge in [-0.2, -0.15) is 0 Å². The highest BCUT2D eigenvalue weighted by molar-refractivity contribution is 5.98. The minimum absolute atomic E-state index is 0.0977. The number of rotatable bonds is 5. The number of ether oxygens (including phenoxy) is 1. The van der Waals surface area contributed by atoms with Crippen molar-refractivity contribution < 1.29 is 19.1 Å². The Labute approximate surface area is 129 Å². The summed E-state index contributed by atoms with van der Waals surface area (Å²) in [6.07, 6.45) is 1.75. The molecule has 0 spiro atoms. The van der Waals surface area contributed by atoms with Crippen LogP contribution >= 0.6 is 0 Å². The van der Waals surface area contributed by atoms with Crippen molar-refractivity contribution in [3.8, 4) is 0 Å². The zero-order valence-electron chi connectivity index (χ0n) is 12.8. The van der Waals surface area contributed by atoms with Gasteiger partial charge in [0.25, 0.3) is 5.91 Å². The van der Waals surface area contributed by atoms with E-state index in [1.54, 1.807) is 19.9 Å². The van der Waals surface area contributed by atoms with Gasteiger partial charge in [-0.3, -0.25) is 10.1 Å². The molecule has 1 unspecified atom stereocenters. The molecule has 0 saturated heterocycles. The third-order valence-corrected chi connectivity index (χ3v) is 2.53. The van der Waals surface area contributed by atoms with Gasteiger partial charge in [-0.25, -0.2) is 9.59 Å². The van der Waals surface area contributed by atoms with Gasteiger partial charge in [0, 0.05) is 12.1 Å². The molecule has 1 aromatic carbocycles. The first-order valence-corrected chi connectivity index (χ1v) is 6.93. The van der Waals surface area contributed by atoms with Crippen LogP contribution in [-0.2, 0) is 14.3 Å². The van der Waals surface area contributed by atoms with Gasteiger partial charge in [-0.05, 0) is 32.4 Å². The maximum Gasteiger partial charge on any atom is 0.331 e. The predicted molar refractivity (Wildman–Crippen MR) is 82.8 cm³/mol. The van der Waals surface area contributed by atoms with Crippen LogP contribution in [0.25, 0.3) is 6.08 Å². The van der Waals surface area contributed by atoms with Gasteiger partial charge >= 0.3 is 12.0 Å². The Bertz CT molecular complexity index is 553. The first-order valence-electron chi connectivity index (χ1n) is 6.93. The highest BCUT2D eigenvalue weighted by Gasteiger charge is 2.19. The third kappa shape index (κ3) is 6.69. The summed E-state index contributed by atoms with van der Waals surface area (Å²) < 4.78 is 4.92. The summed E-state index contributed by atoms with van der Waals surface area (Å²) in [5.74, 6) is -1.34. The lowest BCUT2D eigenvalue weighted by Gasteiger charge is -2.13. The van der Waals surface area contributed by atoms with Gasteiger partial charge in [0.2, 0.25) is 0 Å². The van der Waals surface area contributed by atoms with E-state index in [2.05, 4.69) is 10.6 Å².